The number of rotatable bonds is 2. The Balaban J connectivity index is 1.87. The minimum atomic E-state index is 0.616. The number of fused-ring (bicyclic) bond motifs is 3. The molecule has 0 saturated heterocycles. The first-order chi connectivity index (χ1) is 7.26. The topological polar surface area (TPSA) is 0 Å². The number of hydrogen-bond acceptors (Lipinski definition) is 2. The fourth-order valence-corrected chi connectivity index (χ4v) is 5.68. The molecule has 86 valence electrons. The van der Waals surface area contributed by atoms with Crippen LogP contribution in [0.2, 0.25) is 0 Å². The maximum absolute atomic E-state index is 4.69. The van der Waals surface area contributed by atoms with Crippen molar-refractivity contribution in [1.29, 1.82) is 0 Å². The van der Waals surface area contributed by atoms with E-state index >= 15 is 0 Å². The van der Waals surface area contributed by atoms with Gasteiger partial charge in [-0.3, -0.25) is 0 Å². The molecule has 3 rings (SSSR count). The first kappa shape index (κ1) is 10.8. The van der Waals surface area contributed by atoms with Gasteiger partial charge in [-0.2, -0.15) is 25.3 Å². The van der Waals surface area contributed by atoms with E-state index in [1.165, 1.54) is 44.9 Å². The second kappa shape index (κ2) is 3.60. The molecule has 0 N–H and O–H groups in total. The summed E-state index contributed by atoms with van der Waals surface area (Å²) in [6.45, 7) is 0. The van der Waals surface area contributed by atoms with Gasteiger partial charge in [0, 0.05) is 0 Å². The maximum atomic E-state index is 4.69. The molecule has 15 heavy (non-hydrogen) atoms. The highest BCUT2D eigenvalue weighted by molar-refractivity contribution is 7.80. The molecule has 0 spiro atoms. The quantitative estimate of drug-likeness (QED) is 0.676. The van der Waals surface area contributed by atoms with Gasteiger partial charge in [-0.15, -0.1) is 0 Å². The molecule has 0 radical (unpaired) electrons. The van der Waals surface area contributed by atoms with Gasteiger partial charge in [-0.1, -0.05) is 19.3 Å². The lowest BCUT2D eigenvalue weighted by Gasteiger charge is -2.36. The van der Waals surface area contributed by atoms with E-state index in [-0.39, 0.29) is 0 Å². The second-order valence-electron chi connectivity index (χ2n) is 6.23. The first-order valence-corrected chi connectivity index (χ1v) is 7.75. The molecule has 0 bridgehead atoms. The van der Waals surface area contributed by atoms with Crippen molar-refractivity contribution in [2.45, 2.75) is 44.9 Å². The Bertz CT molecular complexity index is 265. The zero-order valence-electron chi connectivity index (χ0n) is 9.41. The highest BCUT2D eigenvalue weighted by Gasteiger charge is 2.68. The van der Waals surface area contributed by atoms with Crippen molar-refractivity contribution >= 4 is 25.3 Å². The molecule has 0 aliphatic heterocycles. The van der Waals surface area contributed by atoms with Gasteiger partial charge in [0.05, 0.1) is 0 Å². The molecule has 0 aromatic rings. The SMILES string of the molecule is SCC12CC1C1CCCCC[C@]1(CS)C2. The second-order valence-corrected chi connectivity index (χ2v) is 6.87. The van der Waals surface area contributed by atoms with Crippen LogP contribution in [0.5, 0.6) is 0 Å². The van der Waals surface area contributed by atoms with Gasteiger partial charge in [-0.25, -0.2) is 0 Å². The average molecular weight is 242 g/mol. The molecule has 0 aromatic heterocycles. The van der Waals surface area contributed by atoms with Gasteiger partial charge in [0.1, 0.15) is 0 Å². The summed E-state index contributed by atoms with van der Waals surface area (Å²) in [4.78, 5) is 0. The van der Waals surface area contributed by atoms with Crippen LogP contribution in [-0.4, -0.2) is 11.5 Å². The summed E-state index contributed by atoms with van der Waals surface area (Å²) in [5, 5.41) is 0. The Kier molecular flexibility index (Phi) is 2.60. The Morgan fingerprint density at radius 3 is 2.47 bits per heavy atom. The van der Waals surface area contributed by atoms with Gasteiger partial charge in [0.15, 0.2) is 0 Å². The van der Waals surface area contributed by atoms with Crippen molar-refractivity contribution < 1.29 is 0 Å². The van der Waals surface area contributed by atoms with E-state index in [0.29, 0.717) is 10.8 Å². The molecule has 3 fully saturated rings. The van der Waals surface area contributed by atoms with Gasteiger partial charge in [0.2, 0.25) is 0 Å². The zero-order valence-corrected chi connectivity index (χ0v) is 11.2. The lowest BCUT2D eigenvalue weighted by atomic mass is 9.72. The van der Waals surface area contributed by atoms with E-state index in [9.17, 15) is 0 Å². The van der Waals surface area contributed by atoms with E-state index in [1.54, 1.807) is 0 Å². The van der Waals surface area contributed by atoms with Crippen LogP contribution in [-0.2, 0) is 0 Å². The van der Waals surface area contributed by atoms with Gasteiger partial charge < -0.3 is 0 Å². The number of hydrogen-bond donors (Lipinski definition) is 2. The molecular formula is C13H22S2. The first-order valence-electron chi connectivity index (χ1n) is 6.48. The maximum Gasteiger partial charge on any atom is -0.00381 e. The molecule has 3 aliphatic rings. The fraction of sp³-hybridized carbons (Fsp3) is 1.00. The highest BCUT2D eigenvalue weighted by atomic mass is 32.1. The monoisotopic (exact) mass is 242 g/mol. The zero-order chi connectivity index (χ0) is 10.5. The summed E-state index contributed by atoms with van der Waals surface area (Å²) in [6, 6.07) is 0. The summed E-state index contributed by atoms with van der Waals surface area (Å²) in [5.74, 6) is 4.29. The molecule has 4 atom stereocenters. The summed E-state index contributed by atoms with van der Waals surface area (Å²) in [6.07, 6.45) is 10.3. The predicted molar refractivity (Wildman–Crippen MR) is 71.9 cm³/mol. The van der Waals surface area contributed by atoms with Crippen molar-refractivity contribution in [2.75, 3.05) is 11.5 Å². The highest BCUT2D eigenvalue weighted by Crippen LogP contribution is 2.74. The summed E-state index contributed by atoms with van der Waals surface area (Å²) in [7, 11) is 0. The van der Waals surface area contributed by atoms with Crippen LogP contribution < -0.4 is 0 Å². The average Bonchev–Trinajstić information content (AvgIpc) is 2.96. The van der Waals surface area contributed by atoms with Crippen molar-refractivity contribution in [3.63, 3.8) is 0 Å². The van der Waals surface area contributed by atoms with E-state index in [4.69, 9.17) is 0 Å². The van der Waals surface area contributed by atoms with Crippen LogP contribution in [0.4, 0.5) is 0 Å². The smallest absolute Gasteiger partial charge is 0.00381 e. The minimum Gasteiger partial charge on any atom is -0.179 e. The van der Waals surface area contributed by atoms with E-state index in [0.717, 1.165) is 23.3 Å². The molecule has 0 amide bonds. The van der Waals surface area contributed by atoms with Crippen molar-refractivity contribution in [2.24, 2.45) is 22.7 Å². The molecule has 0 aromatic carbocycles. The fourth-order valence-electron chi connectivity index (χ4n) is 4.70. The van der Waals surface area contributed by atoms with E-state index in [1.807, 2.05) is 0 Å². The lowest BCUT2D eigenvalue weighted by molar-refractivity contribution is 0.179. The standard InChI is InChI=1S/C13H22S2/c14-8-12-5-3-1-2-4-10(12)11-6-13(11,7-12)9-15/h10-11,14-15H,1-9H2/t10?,11?,12-,13?/m1/s1. The Labute approximate surface area is 104 Å². The summed E-state index contributed by atoms with van der Waals surface area (Å²) in [5.41, 5.74) is 1.28. The van der Waals surface area contributed by atoms with Crippen LogP contribution in [0, 0.1) is 22.7 Å². The van der Waals surface area contributed by atoms with Crippen molar-refractivity contribution in [1.82, 2.24) is 0 Å². The molecule has 2 heteroatoms. The Hall–Kier alpha value is 0.700. The van der Waals surface area contributed by atoms with Crippen LogP contribution >= 0.6 is 25.3 Å². The Morgan fingerprint density at radius 1 is 0.933 bits per heavy atom. The Morgan fingerprint density at radius 2 is 1.73 bits per heavy atom. The normalized spacial score (nSPS) is 53.2. The predicted octanol–water partition coefficient (Wildman–Crippen LogP) is 3.82. The van der Waals surface area contributed by atoms with Crippen LogP contribution in [0.1, 0.15) is 44.9 Å². The third-order valence-corrected chi connectivity index (χ3v) is 6.81. The molecule has 3 unspecified atom stereocenters. The van der Waals surface area contributed by atoms with E-state index in [2.05, 4.69) is 25.3 Å². The lowest BCUT2D eigenvalue weighted by Crippen LogP contribution is -2.30. The number of thiol groups is 2. The van der Waals surface area contributed by atoms with Gasteiger partial charge in [0.25, 0.3) is 0 Å². The molecular weight excluding hydrogens is 220 g/mol. The largest absolute Gasteiger partial charge is 0.179 e. The minimum absolute atomic E-state index is 0.616. The van der Waals surface area contributed by atoms with Crippen LogP contribution in [0.3, 0.4) is 0 Å². The summed E-state index contributed by atoms with van der Waals surface area (Å²) >= 11 is 9.29. The molecule has 0 heterocycles. The van der Waals surface area contributed by atoms with Crippen LogP contribution in [0.15, 0.2) is 0 Å². The van der Waals surface area contributed by atoms with Crippen LogP contribution in [0.25, 0.3) is 0 Å². The van der Waals surface area contributed by atoms with E-state index < -0.39 is 0 Å². The summed E-state index contributed by atoms with van der Waals surface area (Å²) < 4.78 is 0. The molecule has 3 aliphatic carbocycles. The molecule has 0 nitrogen and oxygen atoms in total. The third-order valence-electron chi connectivity index (χ3n) is 5.55. The van der Waals surface area contributed by atoms with Crippen molar-refractivity contribution in [3.05, 3.63) is 0 Å². The molecule has 3 saturated carbocycles. The van der Waals surface area contributed by atoms with Gasteiger partial charge >= 0.3 is 0 Å². The van der Waals surface area contributed by atoms with Crippen molar-refractivity contribution in [3.8, 4) is 0 Å². The van der Waals surface area contributed by atoms with Gasteiger partial charge in [-0.05, 0) is 59.9 Å². The third kappa shape index (κ3) is 1.43.